The van der Waals surface area contributed by atoms with Gasteiger partial charge in [-0.3, -0.25) is 14.5 Å². The van der Waals surface area contributed by atoms with Gasteiger partial charge in [0.05, 0.1) is 32.0 Å². The van der Waals surface area contributed by atoms with Gasteiger partial charge in [0.25, 0.3) is 0 Å². The Kier molecular flexibility index (Phi) is 11.9. The lowest BCUT2D eigenvalue weighted by molar-refractivity contribution is -0.253. The Morgan fingerprint density at radius 1 is 0.900 bits per heavy atom. The molecule has 0 unspecified atom stereocenters. The number of hydrogen-bond donors (Lipinski definition) is 3. The third-order valence-corrected chi connectivity index (χ3v) is 7.38. The predicted octanol–water partition coefficient (Wildman–Crippen LogP) is 3.37. The molecule has 2 fully saturated rings. The van der Waals surface area contributed by atoms with Gasteiger partial charge in [-0.05, 0) is 29.5 Å². The number of aliphatic hydroxyl groups excluding tert-OH is 1. The first-order valence-corrected chi connectivity index (χ1v) is 14.4. The molecule has 2 aliphatic heterocycles. The van der Waals surface area contributed by atoms with Crippen LogP contribution < -0.4 is 10.6 Å². The van der Waals surface area contributed by atoms with Crippen LogP contribution in [0.1, 0.15) is 73.7 Å². The van der Waals surface area contributed by atoms with Crippen LogP contribution >= 0.6 is 0 Å². The van der Waals surface area contributed by atoms with Crippen LogP contribution in [0.5, 0.6) is 0 Å². The predicted molar refractivity (Wildman–Crippen MR) is 151 cm³/mol. The van der Waals surface area contributed by atoms with Crippen molar-refractivity contribution in [3.8, 4) is 0 Å². The van der Waals surface area contributed by atoms with Crippen molar-refractivity contribution < 1.29 is 28.9 Å². The maximum absolute atomic E-state index is 12.2. The highest BCUT2D eigenvalue weighted by Crippen LogP contribution is 2.38. The van der Waals surface area contributed by atoms with Crippen molar-refractivity contribution in [3.63, 3.8) is 0 Å². The van der Waals surface area contributed by atoms with Crippen LogP contribution in [0.2, 0.25) is 0 Å². The molecule has 2 aliphatic rings. The number of unbranched alkanes of at least 4 members (excludes halogenated alkanes) is 2. The van der Waals surface area contributed by atoms with Crippen LogP contribution in [0.25, 0.3) is 0 Å². The van der Waals surface area contributed by atoms with E-state index in [9.17, 15) is 14.7 Å². The number of hydrogen-bond acceptors (Lipinski definition) is 7. The van der Waals surface area contributed by atoms with E-state index >= 15 is 0 Å². The van der Waals surface area contributed by atoms with Gasteiger partial charge in [-0.25, -0.2) is 0 Å². The molecule has 2 aromatic rings. The lowest BCUT2D eigenvalue weighted by Crippen LogP contribution is -2.44. The Labute approximate surface area is 237 Å². The van der Waals surface area contributed by atoms with Crippen LogP contribution in [0.4, 0.5) is 0 Å². The molecule has 0 bridgehead atoms. The molecule has 218 valence electrons. The molecule has 9 nitrogen and oxygen atoms in total. The first kappa shape index (κ1) is 30.1. The molecule has 2 amide bonds. The van der Waals surface area contributed by atoms with Gasteiger partial charge >= 0.3 is 0 Å². The normalized spacial score (nSPS) is 21.6. The zero-order valence-electron chi connectivity index (χ0n) is 23.5. The molecular formula is C31H43N3O6. The number of nitrogens with zero attached hydrogens (tertiary/aromatic N) is 1. The molecule has 3 atom stereocenters. The van der Waals surface area contributed by atoms with Crippen LogP contribution in [0, 0.1) is 0 Å². The highest BCUT2D eigenvalue weighted by molar-refractivity contribution is 5.75. The van der Waals surface area contributed by atoms with Crippen molar-refractivity contribution in [3.05, 3.63) is 70.8 Å². The van der Waals surface area contributed by atoms with Gasteiger partial charge in [0.15, 0.2) is 6.29 Å². The molecule has 2 heterocycles. The summed E-state index contributed by atoms with van der Waals surface area (Å²) in [6.07, 6.45) is 3.22. The zero-order chi connectivity index (χ0) is 28.2. The van der Waals surface area contributed by atoms with Gasteiger partial charge < -0.3 is 30.0 Å². The second-order valence-corrected chi connectivity index (χ2v) is 10.6. The van der Waals surface area contributed by atoms with Gasteiger partial charge in [-0.2, -0.15) is 0 Å². The third kappa shape index (κ3) is 9.67. The molecule has 0 aromatic heterocycles. The third-order valence-electron chi connectivity index (χ3n) is 7.38. The topological polar surface area (TPSA) is 109 Å². The van der Waals surface area contributed by atoms with Gasteiger partial charge in [0, 0.05) is 58.1 Å². The molecule has 2 aromatic carbocycles. The minimum atomic E-state index is -0.497. The fourth-order valence-electron chi connectivity index (χ4n) is 5.04. The van der Waals surface area contributed by atoms with E-state index < -0.39 is 6.29 Å². The number of nitrogens with one attached hydrogen (secondary N) is 2. The molecule has 0 radical (unpaired) electrons. The van der Waals surface area contributed by atoms with Gasteiger partial charge in [0.2, 0.25) is 11.8 Å². The summed E-state index contributed by atoms with van der Waals surface area (Å²) < 4.78 is 18.4. The number of morpholine rings is 1. The van der Waals surface area contributed by atoms with Crippen LogP contribution in [0.3, 0.4) is 0 Å². The number of benzene rings is 2. The van der Waals surface area contributed by atoms with E-state index in [1.807, 2.05) is 48.5 Å². The number of carbonyl (C=O) groups is 2. The average molecular weight is 554 g/mol. The number of aliphatic hydroxyl groups is 1. The lowest BCUT2D eigenvalue weighted by Gasteiger charge is -2.39. The van der Waals surface area contributed by atoms with E-state index in [1.54, 1.807) is 0 Å². The van der Waals surface area contributed by atoms with Crippen molar-refractivity contribution >= 4 is 11.8 Å². The Morgan fingerprint density at radius 2 is 1.60 bits per heavy atom. The van der Waals surface area contributed by atoms with Crippen LogP contribution in [-0.4, -0.2) is 67.3 Å². The summed E-state index contributed by atoms with van der Waals surface area (Å²) in [7, 11) is 0. The van der Waals surface area contributed by atoms with E-state index in [0.717, 1.165) is 80.8 Å². The summed E-state index contributed by atoms with van der Waals surface area (Å²) in [6.45, 7) is 6.77. The van der Waals surface area contributed by atoms with E-state index in [0.29, 0.717) is 19.5 Å². The summed E-state index contributed by atoms with van der Waals surface area (Å²) >= 11 is 0. The Morgan fingerprint density at radius 3 is 2.30 bits per heavy atom. The van der Waals surface area contributed by atoms with Crippen molar-refractivity contribution in [2.75, 3.05) is 39.4 Å². The second kappa shape index (κ2) is 15.8. The molecule has 2 saturated heterocycles. The average Bonchev–Trinajstić information content (AvgIpc) is 2.98. The van der Waals surface area contributed by atoms with E-state index in [4.69, 9.17) is 14.2 Å². The smallest absolute Gasteiger partial charge is 0.220 e. The molecule has 0 aliphatic carbocycles. The van der Waals surface area contributed by atoms with Gasteiger partial charge in [0.1, 0.15) is 0 Å². The summed E-state index contributed by atoms with van der Waals surface area (Å²) in [5.74, 6) is 0.00935. The van der Waals surface area contributed by atoms with Crippen molar-refractivity contribution in [2.45, 2.75) is 70.7 Å². The Balaban J connectivity index is 1.31. The van der Waals surface area contributed by atoms with E-state index in [1.165, 1.54) is 6.92 Å². The molecule has 3 N–H and O–H groups in total. The van der Waals surface area contributed by atoms with Crippen LogP contribution in [-0.2, 0) is 37.0 Å². The highest BCUT2D eigenvalue weighted by atomic mass is 16.7. The highest BCUT2D eigenvalue weighted by Gasteiger charge is 2.33. The zero-order valence-corrected chi connectivity index (χ0v) is 23.5. The SMILES string of the molecule is CC(=O)NCCCCCC(=O)NCc1ccc([C@@H]2O[C@H](CN3CCOCC3)C[C@H](c3ccc(CO)cc3)O2)cc1. The standard InChI is InChI=1S/C31H43N3O6/c1-23(36)32-14-4-2-3-5-30(37)33-20-24-6-12-27(13-7-24)31-39-28(21-34-15-17-38-18-16-34)19-29(40-31)26-10-8-25(22-35)9-11-26/h6-13,28-29,31,35H,2-5,14-22H2,1H3,(H,32,36)(H,33,37)/t28-,29+,31+/m0/s1. The van der Waals surface area contributed by atoms with Crippen molar-refractivity contribution in [1.29, 1.82) is 0 Å². The number of ether oxygens (including phenoxy) is 3. The minimum absolute atomic E-state index is 0.0107. The number of rotatable bonds is 13. The van der Waals surface area contributed by atoms with Crippen molar-refractivity contribution in [1.82, 2.24) is 15.5 Å². The summed E-state index contributed by atoms with van der Waals surface area (Å²) in [5.41, 5.74) is 3.91. The monoisotopic (exact) mass is 553 g/mol. The molecule has 0 spiro atoms. The number of carbonyl (C=O) groups excluding carboxylic acids is 2. The lowest BCUT2D eigenvalue weighted by atomic mass is 9.99. The molecule has 4 rings (SSSR count). The fourth-order valence-corrected chi connectivity index (χ4v) is 5.04. The van der Waals surface area contributed by atoms with Crippen LogP contribution in [0.15, 0.2) is 48.5 Å². The van der Waals surface area contributed by atoms with E-state index in [2.05, 4.69) is 15.5 Å². The molecule has 0 saturated carbocycles. The first-order valence-electron chi connectivity index (χ1n) is 14.4. The quantitative estimate of drug-likeness (QED) is 0.326. The largest absolute Gasteiger partial charge is 0.392 e. The maximum atomic E-state index is 12.2. The Hall–Kier alpha value is -2.82. The first-order chi connectivity index (χ1) is 19.5. The van der Waals surface area contributed by atoms with Gasteiger partial charge in [-0.1, -0.05) is 55.0 Å². The summed E-state index contributed by atoms with van der Waals surface area (Å²) in [6, 6.07) is 16.0. The molecular weight excluding hydrogens is 510 g/mol. The Bertz CT molecular complexity index is 1060. The summed E-state index contributed by atoms with van der Waals surface area (Å²) in [4.78, 5) is 25.5. The molecule has 9 heteroatoms. The maximum Gasteiger partial charge on any atom is 0.220 e. The second-order valence-electron chi connectivity index (χ2n) is 10.6. The molecule has 40 heavy (non-hydrogen) atoms. The number of amides is 2. The van der Waals surface area contributed by atoms with Crippen molar-refractivity contribution in [2.24, 2.45) is 0 Å². The van der Waals surface area contributed by atoms with E-state index in [-0.39, 0.29) is 30.6 Å². The van der Waals surface area contributed by atoms with Gasteiger partial charge in [-0.15, -0.1) is 0 Å². The summed E-state index contributed by atoms with van der Waals surface area (Å²) in [5, 5.41) is 15.2. The minimum Gasteiger partial charge on any atom is -0.392 e. The fraction of sp³-hybridized carbons (Fsp3) is 0.548.